The Morgan fingerprint density at radius 2 is 2.06 bits per heavy atom. The Morgan fingerprint density at radius 3 is 2.67 bits per heavy atom. The molecule has 18 heavy (non-hydrogen) atoms. The molecule has 0 unspecified atom stereocenters. The van der Waals surface area contributed by atoms with E-state index in [9.17, 15) is 9.90 Å². The topological polar surface area (TPSA) is 67.2 Å². The van der Waals surface area contributed by atoms with Crippen LogP contribution < -0.4 is 34.7 Å². The summed E-state index contributed by atoms with van der Waals surface area (Å²) >= 11 is 0. The van der Waals surface area contributed by atoms with Crippen LogP contribution >= 0.6 is 0 Å². The average Bonchev–Trinajstić information content (AvgIpc) is 2.72. The van der Waals surface area contributed by atoms with E-state index in [-0.39, 0.29) is 41.7 Å². The summed E-state index contributed by atoms with van der Waals surface area (Å²) < 4.78 is 5.94. The second-order valence-electron chi connectivity index (χ2n) is 3.33. The summed E-state index contributed by atoms with van der Waals surface area (Å²) in [5, 5.41) is 15.8. The van der Waals surface area contributed by atoms with E-state index in [4.69, 9.17) is 4.74 Å². The van der Waals surface area contributed by atoms with Crippen molar-refractivity contribution >= 4 is 5.97 Å². The first kappa shape index (κ1) is 14.8. The van der Waals surface area contributed by atoms with Crippen molar-refractivity contribution < 1.29 is 44.2 Å². The standard InChI is InChI=1S/C12H12N2O3.Na/c1-2-17-12(16)10-8-13-14(11(10)15)9-6-4-3-5-7-9;/h3-8,15H,2H2,1H3;/q;+1/p-1. The number of benzene rings is 1. The van der Waals surface area contributed by atoms with Crippen molar-refractivity contribution in [2.24, 2.45) is 0 Å². The Labute approximate surface area is 127 Å². The van der Waals surface area contributed by atoms with Gasteiger partial charge in [-0.2, -0.15) is 5.10 Å². The summed E-state index contributed by atoms with van der Waals surface area (Å²) in [6.45, 7) is 1.92. The Bertz CT molecular complexity index is 525. The van der Waals surface area contributed by atoms with Gasteiger partial charge in [-0.15, -0.1) is 0 Å². The number of ether oxygens (including phenoxy) is 1. The summed E-state index contributed by atoms with van der Waals surface area (Å²) in [5.74, 6) is -1.10. The molecule has 0 radical (unpaired) electrons. The van der Waals surface area contributed by atoms with Gasteiger partial charge in [0.15, 0.2) is 0 Å². The van der Waals surface area contributed by atoms with Gasteiger partial charge in [0.2, 0.25) is 0 Å². The molecule has 0 N–H and O–H groups in total. The van der Waals surface area contributed by atoms with Crippen LogP contribution in [0.2, 0.25) is 0 Å². The number of carbonyl (C=O) groups excluding carboxylic acids is 1. The van der Waals surface area contributed by atoms with Crippen molar-refractivity contribution in [1.29, 1.82) is 0 Å². The molecule has 1 aromatic heterocycles. The molecule has 2 aromatic rings. The molecule has 88 valence electrons. The molecule has 0 saturated carbocycles. The zero-order valence-corrected chi connectivity index (χ0v) is 12.3. The normalized spacial score (nSPS) is 9.61. The molecule has 2 rings (SSSR count). The number of carbonyl (C=O) groups is 1. The molecule has 1 aromatic carbocycles. The van der Waals surface area contributed by atoms with Gasteiger partial charge in [-0.25, -0.2) is 9.48 Å². The van der Waals surface area contributed by atoms with E-state index in [0.29, 0.717) is 5.69 Å². The number of para-hydroxylation sites is 1. The maximum atomic E-state index is 11.9. The fourth-order valence-corrected chi connectivity index (χ4v) is 1.44. The van der Waals surface area contributed by atoms with Crippen molar-refractivity contribution in [3.63, 3.8) is 0 Å². The molecule has 0 aliphatic rings. The van der Waals surface area contributed by atoms with Crippen LogP contribution in [0.5, 0.6) is 5.88 Å². The van der Waals surface area contributed by atoms with Crippen LogP contribution in [-0.2, 0) is 4.74 Å². The van der Waals surface area contributed by atoms with Crippen molar-refractivity contribution in [2.45, 2.75) is 6.92 Å². The third-order valence-electron chi connectivity index (χ3n) is 2.22. The Morgan fingerprint density at radius 1 is 1.39 bits per heavy atom. The van der Waals surface area contributed by atoms with Crippen molar-refractivity contribution in [1.82, 2.24) is 9.78 Å². The van der Waals surface area contributed by atoms with Gasteiger partial charge in [-0.05, 0) is 19.1 Å². The SMILES string of the molecule is CCOC(=O)c1cnn(-c2ccccc2)c1[O-].[Na+]. The minimum absolute atomic E-state index is 0. The van der Waals surface area contributed by atoms with Crippen molar-refractivity contribution in [3.05, 3.63) is 42.1 Å². The van der Waals surface area contributed by atoms with Crippen LogP contribution in [0.1, 0.15) is 17.3 Å². The van der Waals surface area contributed by atoms with Gasteiger partial charge in [0.1, 0.15) is 0 Å². The molecule has 0 fully saturated rings. The maximum absolute atomic E-state index is 11.9. The van der Waals surface area contributed by atoms with Crippen LogP contribution in [-0.4, -0.2) is 22.4 Å². The predicted molar refractivity (Wildman–Crippen MR) is 59.0 cm³/mol. The van der Waals surface area contributed by atoms with Gasteiger partial charge >= 0.3 is 35.5 Å². The number of aromatic nitrogens is 2. The minimum atomic E-state index is -0.639. The second kappa shape index (κ2) is 6.58. The van der Waals surface area contributed by atoms with Gasteiger partial charge in [-0.3, -0.25) is 0 Å². The second-order valence-corrected chi connectivity index (χ2v) is 3.33. The van der Waals surface area contributed by atoms with Gasteiger partial charge in [0.25, 0.3) is 0 Å². The number of esters is 1. The van der Waals surface area contributed by atoms with Gasteiger partial charge in [0.05, 0.1) is 24.1 Å². The molecule has 0 aliphatic heterocycles. The van der Waals surface area contributed by atoms with E-state index in [1.54, 1.807) is 31.2 Å². The Balaban J connectivity index is 0.00000162. The third kappa shape index (κ3) is 2.93. The van der Waals surface area contributed by atoms with E-state index in [1.807, 2.05) is 6.07 Å². The van der Waals surface area contributed by atoms with Gasteiger partial charge in [-0.1, -0.05) is 18.2 Å². The summed E-state index contributed by atoms with van der Waals surface area (Å²) in [7, 11) is 0. The molecule has 5 nitrogen and oxygen atoms in total. The van der Waals surface area contributed by atoms with Crippen LogP contribution in [0.25, 0.3) is 5.69 Å². The Hall–Kier alpha value is -1.30. The summed E-state index contributed by atoms with van der Waals surface area (Å²) in [6.07, 6.45) is 1.23. The predicted octanol–water partition coefficient (Wildman–Crippen LogP) is -1.87. The molecule has 6 heteroatoms. The zero-order valence-electron chi connectivity index (χ0n) is 10.3. The number of rotatable bonds is 3. The molecule has 0 bridgehead atoms. The van der Waals surface area contributed by atoms with Crippen LogP contribution in [0.3, 0.4) is 0 Å². The van der Waals surface area contributed by atoms with E-state index in [0.717, 1.165) is 0 Å². The number of nitrogens with zero attached hydrogens (tertiary/aromatic N) is 2. The van der Waals surface area contributed by atoms with Crippen LogP contribution in [0.4, 0.5) is 0 Å². The van der Waals surface area contributed by atoms with Gasteiger partial charge < -0.3 is 9.84 Å². The molecule has 0 aliphatic carbocycles. The first-order valence-corrected chi connectivity index (χ1v) is 5.21. The molecular formula is C12H11N2NaO3. The zero-order chi connectivity index (χ0) is 12.3. The first-order valence-electron chi connectivity index (χ1n) is 5.21. The monoisotopic (exact) mass is 254 g/mol. The van der Waals surface area contributed by atoms with E-state index >= 15 is 0 Å². The molecule has 0 saturated heterocycles. The van der Waals surface area contributed by atoms with E-state index in [1.165, 1.54) is 10.9 Å². The molecule has 0 atom stereocenters. The first-order chi connectivity index (χ1) is 8.24. The largest absolute Gasteiger partial charge is 1.00 e. The third-order valence-corrected chi connectivity index (χ3v) is 2.22. The fraction of sp³-hybridized carbons (Fsp3) is 0.167. The molecular weight excluding hydrogens is 243 g/mol. The Kier molecular flexibility index (Phi) is 5.40. The molecule has 0 spiro atoms. The quantitative estimate of drug-likeness (QED) is 0.475. The van der Waals surface area contributed by atoms with Crippen molar-refractivity contribution in [2.75, 3.05) is 6.61 Å². The minimum Gasteiger partial charge on any atom is -0.858 e. The molecule has 1 heterocycles. The molecule has 0 amide bonds. The summed E-state index contributed by atoms with van der Waals surface area (Å²) in [6, 6.07) is 8.90. The smallest absolute Gasteiger partial charge is 0.858 e. The summed E-state index contributed by atoms with van der Waals surface area (Å²) in [5.41, 5.74) is 0.573. The average molecular weight is 254 g/mol. The number of hydrogen-bond donors (Lipinski definition) is 0. The van der Waals surface area contributed by atoms with Gasteiger partial charge in [0, 0.05) is 5.88 Å². The number of hydrogen-bond acceptors (Lipinski definition) is 4. The maximum Gasteiger partial charge on any atom is 1.00 e. The van der Waals surface area contributed by atoms with Crippen LogP contribution in [0.15, 0.2) is 36.5 Å². The van der Waals surface area contributed by atoms with Crippen LogP contribution in [0, 0.1) is 0 Å². The summed E-state index contributed by atoms with van der Waals surface area (Å²) in [4.78, 5) is 11.4. The van der Waals surface area contributed by atoms with Crippen molar-refractivity contribution in [3.8, 4) is 11.6 Å². The fourth-order valence-electron chi connectivity index (χ4n) is 1.44. The van der Waals surface area contributed by atoms with E-state index in [2.05, 4.69) is 5.10 Å². The van der Waals surface area contributed by atoms with E-state index < -0.39 is 11.8 Å².